The van der Waals surface area contributed by atoms with Crippen molar-refractivity contribution in [2.45, 2.75) is 6.04 Å². The van der Waals surface area contributed by atoms with E-state index in [0.717, 1.165) is 0 Å². The zero-order valence-electron chi connectivity index (χ0n) is 11.1. The molecule has 0 amide bonds. The van der Waals surface area contributed by atoms with Crippen molar-refractivity contribution in [3.63, 3.8) is 0 Å². The number of carbonyl (C=O) groups is 1. The van der Waals surface area contributed by atoms with Crippen molar-refractivity contribution in [1.82, 2.24) is 0 Å². The van der Waals surface area contributed by atoms with Gasteiger partial charge in [0.1, 0.15) is 5.75 Å². The van der Waals surface area contributed by atoms with Gasteiger partial charge in [-0.15, -0.1) is 0 Å². The summed E-state index contributed by atoms with van der Waals surface area (Å²) >= 11 is 12.2. The molecule has 0 saturated heterocycles. The quantitative estimate of drug-likeness (QED) is 0.863. The van der Waals surface area contributed by atoms with E-state index < -0.39 is 12.0 Å². The number of carboxylic acid groups (broad SMARTS) is 1. The highest BCUT2D eigenvalue weighted by atomic mass is 35.5. The van der Waals surface area contributed by atoms with Gasteiger partial charge in [-0.2, -0.15) is 0 Å². The van der Waals surface area contributed by atoms with Crippen molar-refractivity contribution in [2.24, 2.45) is 0 Å². The van der Waals surface area contributed by atoms with Gasteiger partial charge in [0.2, 0.25) is 0 Å². The molecule has 2 N–H and O–H groups in total. The van der Waals surface area contributed by atoms with Crippen LogP contribution >= 0.6 is 23.2 Å². The largest absolute Gasteiger partial charge is 0.496 e. The zero-order chi connectivity index (χ0) is 15.4. The monoisotopic (exact) mass is 325 g/mol. The van der Waals surface area contributed by atoms with E-state index in [1.165, 1.54) is 7.11 Å². The molecule has 0 fully saturated rings. The molecular formula is C15H13Cl2NO3. The molecule has 1 atom stereocenters. The predicted octanol–water partition coefficient (Wildman–Crippen LogP) is 4.24. The molecule has 0 aliphatic carbocycles. The Labute approximate surface area is 132 Å². The second-order valence-corrected chi connectivity index (χ2v) is 5.07. The summed E-state index contributed by atoms with van der Waals surface area (Å²) in [5.74, 6) is -0.684. The Bertz CT molecular complexity index is 661. The SMILES string of the molecule is COc1cccc(Cl)c1C(Nc1ccccc1Cl)C(=O)O. The van der Waals surface area contributed by atoms with Crippen molar-refractivity contribution in [1.29, 1.82) is 0 Å². The summed E-state index contributed by atoms with van der Waals surface area (Å²) in [6.45, 7) is 0. The number of carboxylic acids is 1. The van der Waals surface area contributed by atoms with Gasteiger partial charge >= 0.3 is 5.97 Å². The van der Waals surface area contributed by atoms with Crippen LogP contribution in [-0.2, 0) is 4.79 Å². The Kier molecular flexibility index (Phi) is 4.94. The number of para-hydroxylation sites is 1. The molecule has 2 aromatic rings. The highest BCUT2D eigenvalue weighted by Gasteiger charge is 2.26. The number of benzene rings is 2. The Hall–Kier alpha value is -1.91. The van der Waals surface area contributed by atoms with E-state index >= 15 is 0 Å². The Morgan fingerprint density at radius 3 is 2.43 bits per heavy atom. The van der Waals surface area contributed by atoms with E-state index in [-0.39, 0.29) is 0 Å². The van der Waals surface area contributed by atoms with Crippen molar-refractivity contribution < 1.29 is 14.6 Å². The second-order valence-electron chi connectivity index (χ2n) is 4.25. The molecule has 4 nitrogen and oxygen atoms in total. The smallest absolute Gasteiger partial charge is 0.331 e. The van der Waals surface area contributed by atoms with Crippen molar-refractivity contribution in [3.05, 3.63) is 58.1 Å². The number of rotatable bonds is 5. The lowest BCUT2D eigenvalue weighted by atomic mass is 10.0. The van der Waals surface area contributed by atoms with E-state index in [1.54, 1.807) is 42.5 Å². The third kappa shape index (κ3) is 3.40. The molecule has 0 saturated carbocycles. The number of methoxy groups -OCH3 is 1. The molecule has 0 aliphatic heterocycles. The van der Waals surface area contributed by atoms with E-state index in [2.05, 4.69) is 5.32 Å². The number of hydrogen-bond acceptors (Lipinski definition) is 3. The summed E-state index contributed by atoms with van der Waals surface area (Å²) in [6, 6.07) is 10.8. The molecule has 0 spiro atoms. The average Bonchev–Trinajstić information content (AvgIpc) is 2.46. The minimum Gasteiger partial charge on any atom is -0.496 e. The first-order valence-corrected chi connectivity index (χ1v) is 6.86. The molecule has 0 radical (unpaired) electrons. The van der Waals surface area contributed by atoms with E-state index in [0.29, 0.717) is 27.0 Å². The highest BCUT2D eigenvalue weighted by molar-refractivity contribution is 6.33. The van der Waals surface area contributed by atoms with Gasteiger partial charge in [-0.05, 0) is 24.3 Å². The van der Waals surface area contributed by atoms with Gasteiger partial charge in [0, 0.05) is 5.56 Å². The van der Waals surface area contributed by atoms with Crippen LogP contribution in [0, 0.1) is 0 Å². The van der Waals surface area contributed by atoms with E-state index in [9.17, 15) is 9.90 Å². The lowest BCUT2D eigenvalue weighted by molar-refractivity contribution is -0.138. The van der Waals surface area contributed by atoms with Crippen LogP contribution in [0.1, 0.15) is 11.6 Å². The second kappa shape index (κ2) is 6.70. The zero-order valence-corrected chi connectivity index (χ0v) is 12.7. The van der Waals surface area contributed by atoms with Gasteiger partial charge in [0.15, 0.2) is 6.04 Å². The molecule has 6 heteroatoms. The van der Waals surface area contributed by atoms with E-state index in [1.807, 2.05) is 0 Å². The standard InChI is InChI=1S/C15H13Cl2NO3/c1-21-12-8-4-6-10(17)13(12)14(15(19)20)18-11-7-3-2-5-9(11)16/h2-8,14,18H,1H3,(H,19,20). The van der Waals surface area contributed by atoms with Crippen LogP contribution in [0.2, 0.25) is 10.0 Å². The Balaban J connectivity index is 2.46. The van der Waals surface area contributed by atoms with Crippen LogP contribution in [-0.4, -0.2) is 18.2 Å². The fraction of sp³-hybridized carbons (Fsp3) is 0.133. The number of aliphatic carboxylic acids is 1. The van der Waals surface area contributed by atoms with Gasteiger partial charge in [-0.1, -0.05) is 41.4 Å². The molecular weight excluding hydrogens is 313 g/mol. The molecule has 110 valence electrons. The lowest BCUT2D eigenvalue weighted by Gasteiger charge is -2.20. The van der Waals surface area contributed by atoms with Crippen molar-refractivity contribution in [3.8, 4) is 5.75 Å². The van der Waals surface area contributed by atoms with Crippen LogP contribution in [0.4, 0.5) is 5.69 Å². The summed E-state index contributed by atoms with van der Waals surface area (Å²) in [6.07, 6.45) is 0. The maximum absolute atomic E-state index is 11.6. The lowest BCUT2D eigenvalue weighted by Crippen LogP contribution is -2.21. The van der Waals surface area contributed by atoms with Crippen LogP contribution in [0.25, 0.3) is 0 Å². The van der Waals surface area contributed by atoms with Crippen molar-refractivity contribution >= 4 is 34.9 Å². The number of nitrogens with one attached hydrogen (secondary N) is 1. The fourth-order valence-electron chi connectivity index (χ4n) is 1.97. The third-order valence-corrected chi connectivity index (χ3v) is 3.60. The van der Waals surface area contributed by atoms with Gasteiger partial charge in [0.25, 0.3) is 0 Å². The Morgan fingerprint density at radius 1 is 1.14 bits per heavy atom. The predicted molar refractivity (Wildman–Crippen MR) is 83.5 cm³/mol. The van der Waals surface area contributed by atoms with Gasteiger partial charge in [-0.3, -0.25) is 0 Å². The summed E-state index contributed by atoms with van der Waals surface area (Å²) < 4.78 is 5.20. The van der Waals surface area contributed by atoms with Crippen LogP contribution in [0.3, 0.4) is 0 Å². The van der Waals surface area contributed by atoms with Crippen LogP contribution in [0.15, 0.2) is 42.5 Å². The molecule has 2 aromatic carbocycles. The van der Waals surface area contributed by atoms with Crippen LogP contribution < -0.4 is 10.1 Å². The molecule has 1 unspecified atom stereocenters. The van der Waals surface area contributed by atoms with Gasteiger partial charge in [0.05, 0.1) is 22.8 Å². The minimum atomic E-state index is -1.08. The summed E-state index contributed by atoms with van der Waals surface area (Å²) in [7, 11) is 1.46. The molecule has 0 aliphatic rings. The Morgan fingerprint density at radius 2 is 1.81 bits per heavy atom. The first kappa shape index (κ1) is 15.5. The molecule has 0 aromatic heterocycles. The number of halogens is 2. The summed E-state index contributed by atoms with van der Waals surface area (Å²) in [4.78, 5) is 11.6. The fourth-order valence-corrected chi connectivity index (χ4v) is 2.43. The molecule has 2 rings (SSSR count). The maximum atomic E-state index is 11.6. The maximum Gasteiger partial charge on any atom is 0.331 e. The summed E-state index contributed by atoms with van der Waals surface area (Å²) in [5, 5.41) is 13.1. The van der Waals surface area contributed by atoms with Crippen molar-refractivity contribution in [2.75, 3.05) is 12.4 Å². The first-order chi connectivity index (χ1) is 10.0. The number of anilines is 1. The minimum absolute atomic E-state index is 0.307. The number of ether oxygens (including phenoxy) is 1. The third-order valence-electron chi connectivity index (χ3n) is 2.94. The first-order valence-electron chi connectivity index (χ1n) is 6.11. The summed E-state index contributed by atoms with van der Waals surface area (Å²) in [5.41, 5.74) is 0.864. The molecule has 21 heavy (non-hydrogen) atoms. The van der Waals surface area contributed by atoms with Gasteiger partial charge in [-0.25, -0.2) is 4.79 Å². The molecule has 0 bridgehead atoms. The van der Waals surface area contributed by atoms with Crippen LogP contribution in [0.5, 0.6) is 5.75 Å². The molecule has 0 heterocycles. The highest BCUT2D eigenvalue weighted by Crippen LogP contribution is 2.35. The van der Waals surface area contributed by atoms with Gasteiger partial charge < -0.3 is 15.2 Å². The topological polar surface area (TPSA) is 58.6 Å². The number of hydrogen-bond donors (Lipinski definition) is 2. The normalized spacial score (nSPS) is 11.8. The van der Waals surface area contributed by atoms with E-state index in [4.69, 9.17) is 27.9 Å². The average molecular weight is 326 g/mol.